The summed E-state index contributed by atoms with van der Waals surface area (Å²) in [5.41, 5.74) is 3.46. The molecule has 2 rings (SSSR count). The van der Waals surface area contributed by atoms with Crippen LogP contribution in [-0.2, 0) is 9.52 Å². The minimum absolute atomic E-state index is 0.0156. The van der Waals surface area contributed by atoms with E-state index in [1.165, 1.54) is 0 Å². The average molecular weight is 401 g/mol. The largest absolute Gasteiger partial charge is 0.392 e. The van der Waals surface area contributed by atoms with Gasteiger partial charge in [0.2, 0.25) is 5.95 Å². The number of hydrogen-bond acceptors (Lipinski definition) is 6. The van der Waals surface area contributed by atoms with Gasteiger partial charge >= 0.3 is 0 Å². The zero-order valence-electron chi connectivity index (χ0n) is 16.8. The fourth-order valence-electron chi connectivity index (χ4n) is 2.56. The monoisotopic (exact) mass is 400 g/mol. The van der Waals surface area contributed by atoms with Gasteiger partial charge in [-0.25, -0.2) is 4.98 Å². The van der Waals surface area contributed by atoms with Crippen LogP contribution in [0.15, 0.2) is 53.1 Å². The molecule has 1 atom stereocenters. The Morgan fingerprint density at radius 1 is 1.32 bits per heavy atom. The van der Waals surface area contributed by atoms with Gasteiger partial charge in [-0.05, 0) is 71.6 Å². The summed E-state index contributed by atoms with van der Waals surface area (Å²) in [5.74, 6) is 4.87. The number of nitrogens with zero attached hydrogens (tertiary/aromatic N) is 2. The number of aliphatic hydroxyl groups excluding tert-OH is 1. The number of aliphatic hydroxyl groups is 1. The number of nitrogens with one attached hydrogen (secondary N) is 2. The predicted octanol–water partition coefficient (Wildman–Crippen LogP) is 3.70. The molecule has 1 aromatic carbocycles. The van der Waals surface area contributed by atoms with Crippen molar-refractivity contribution in [3.63, 3.8) is 0 Å². The van der Waals surface area contributed by atoms with Crippen LogP contribution in [0.3, 0.4) is 0 Å². The lowest BCUT2D eigenvalue weighted by Crippen LogP contribution is -2.07. The summed E-state index contributed by atoms with van der Waals surface area (Å²) >= 11 is 0. The normalized spacial score (nSPS) is 14.5. The van der Waals surface area contributed by atoms with Gasteiger partial charge in [-0.2, -0.15) is 4.98 Å². The summed E-state index contributed by atoms with van der Waals surface area (Å²) in [4.78, 5) is 9.70. The van der Waals surface area contributed by atoms with E-state index in [0.717, 1.165) is 28.9 Å². The highest BCUT2D eigenvalue weighted by molar-refractivity contribution is 7.99. The quantitative estimate of drug-likeness (QED) is 0.463. The third-order valence-corrected chi connectivity index (χ3v) is 5.39. The Balaban J connectivity index is 2.31. The van der Waals surface area contributed by atoms with Crippen molar-refractivity contribution in [3.05, 3.63) is 53.8 Å². The van der Waals surface area contributed by atoms with Crippen molar-refractivity contribution < 1.29 is 9.32 Å². The molecule has 1 aromatic heterocycles. The van der Waals surface area contributed by atoms with E-state index < -0.39 is 9.52 Å². The minimum atomic E-state index is -2.23. The van der Waals surface area contributed by atoms with Crippen molar-refractivity contribution >= 4 is 38.4 Å². The van der Waals surface area contributed by atoms with Crippen LogP contribution in [0.25, 0.3) is 5.57 Å². The molecule has 0 fully saturated rings. The molecule has 1 unspecified atom stereocenters. The smallest absolute Gasteiger partial charge is 0.229 e. The summed E-state index contributed by atoms with van der Waals surface area (Å²) in [6.07, 6.45) is 7.17. The van der Waals surface area contributed by atoms with Gasteiger partial charge in [0.15, 0.2) is 0 Å². The molecule has 0 saturated carbocycles. The summed E-state index contributed by atoms with van der Waals surface area (Å²) < 4.78 is 12.0. The van der Waals surface area contributed by atoms with E-state index in [1.54, 1.807) is 24.6 Å². The van der Waals surface area contributed by atoms with Crippen molar-refractivity contribution in [3.8, 4) is 0 Å². The molecular weight excluding hydrogens is 372 g/mol. The van der Waals surface area contributed by atoms with Crippen LogP contribution in [0.2, 0.25) is 0 Å². The van der Waals surface area contributed by atoms with E-state index in [1.807, 2.05) is 45.1 Å². The fraction of sp³-hybridized carbons (Fsp3) is 0.286. The number of aromatic nitrogens is 2. The summed E-state index contributed by atoms with van der Waals surface area (Å²) in [6.45, 7) is 6.56. The van der Waals surface area contributed by atoms with Crippen molar-refractivity contribution in [2.45, 2.75) is 25.7 Å². The summed E-state index contributed by atoms with van der Waals surface area (Å²) in [6, 6.07) is 7.24. The van der Waals surface area contributed by atoms with Crippen molar-refractivity contribution in [1.82, 2.24) is 9.97 Å². The number of anilines is 3. The number of rotatable bonds is 8. The SMILES string of the molecule is C=S(C)(=O)c1ccc(Nc2ncc(/C(C)=C/C(=C\C)CO)c(NCC)n2)cc1. The molecule has 0 aliphatic heterocycles. The molecule has 0 aliphatic carbocycles. The van der Waals surface area contributed by atoms with Crippen molar-refractivity contribution in [2.75, 3.05) is 30.0 Å². The van der Waals surface area contributed by atoms with Crippen LogP contribution in [0, 0.1) is 0 Å². The van der Waals surface area contributed by atoms with Gasteiger partial charge in [-0.3, -0.25) is 4.21 Å². The van der Waals surface area contributed by atoms with Crippen LogP contribution in [0.4, 0.5) is 17.5 Å². The molecule has 3 N–H and O–H groups in total. The van der Waals surface area contributed by atoms with Crippen LogP contribution in [-0.4, -0.2) is 44.6 Å². The minimum Gasteiger partial charge on any atom is -0.392 e. The Labute approximate surface area is 167 Å². The average Bonchev–Trinajstić information content (AvgIpc) is 2.66. The lowest BCUT2D eigenvalue weighted by atomic mass is 10.1. The van der Waals surface area contributed by atoms with Crippen molar-refractivity contribution in [2.24, 2.45) is 0 Å². The molecule has 7 heteroatoms. The first kappa shape index (κ1) is 21.7. The summed E-state index contributed by atoms with van der Waals surface area (Å²) in [7, 11) is -2.23. The van der Waals surface area contributed by atoms with Crippen LogP contribution in [0.1, 0.15) is 26.3 Å². The predicted molar refractivity (Wildman–Crippen MR) is 120 cm³/mol. The first-order chi connectivity index (χ1) is 13.3. The zero-order chi connectivity index (χ0) is 20.7. The van der Waals surface area contributed by atoms with Gasteiger partial charge < -0.3 is 15.7 Å². The third-order valence-electron chi connectivity index (χ3n) is 4.12. The van der Waals surface area contributed by atoms with E-state index >= 15 is 0 Å². The Morgan fingerprint density at radius 2 is 2.00 bits per heavy atom. The van der Waals surface area contributed by atoms with Gasteiger partial charge in [0, 0.05) is 35.1 Å². The lowest BCUT2D eigenvalue weighted by Gasteiger charge is -2.13. The highest BCUT2D eigenvalue weighted by Crippen LogP contribution is 2.25. The number of hydrogen-bond donors (Lipinski definition) is 3. The molecule has 2 aromatic rings. The first-order valence-corrected chi connectivity index (χ1v) is 11.2. The van der Waals surface area contributed by atoms with E-state index in [9.17, 15) is 9.32 Å². The molecule has 0 radical (unpaired) electrons. The molecule has 0 aliphatic rings. The van der Waals surface area contributed by atoms with Crippen LogP contribution in [0.5, 0.6) is 0 Å². The topological polar surface area (TPSA) is 87.1 Å². The van der Waals surface area contributed by atoms with Gasteiger partial charge in [0.05, 0.1) is 6.61 Å². The van der Waals surface area contributed by atoms with Crippen LogP contribution < -0.4 is 10.6 Å². The van der Waals surface area contributed by atoms with E-state index in [-0.39, 0.29) is 6.61 Å². The number of benzene rings is 1. The van der Waals surface area contributed by atoms with E-state index in [4.69, 9.17) is 0 Å². The molecule has 0 amide bonds. The Morgan fingerprint density at radius 3 is 2.54 bits per heavy atom. The Bertz CT molecular complexity index is 978. The Hall–Kier alpha value is -2.64. The number of allylic oxidation sites excluding steroid dienone is 2. The fourth-order valence-corrected chi connectivity index (χ4v) is 3.28. The highest BCUT2D eigenvalue weighted by atomic mass is 32.2. The van der Waals surface area contributed by atoms with Gasteiger partial charge in [0.25, 0.3) is 0 Å². The second kappa shape index (κ2) is 9.52. The lowest BCUT2D eigenvalue weighted by molar-refractivity contribution is 0.335. The molecule has 0 spiro atoms. The standard InChI is InChI=1S/C21H28N4O2S/c1-6-16(14-26)12-15(3)19-13-23-21(25-20(19)22-7-2)24-17-8-10-18(11-9-17)28(4,5)27/h6,8-13,26H,4,7,14H2,1-3,5H3,(H2,22,23,24,25)/b15-12+,16-6+. The maximum absolute atomic E-state index is 12.0. The molecule has 6 nitrogen and oxygen atoms in total. The molecule has 0 saturated heterocycles. The van der Waals surface area contributed by atoms with E-state index in [0.29, 0.717) is 16.7 Å². The zero-order valence-corrected chi connectivity index (χ0v) is 17.6. The van der Waals surface area contributed by atoms with Gasteiger partial charge in [0.1, 0.15) is 5.82 Å². The van der Waals surface area contributed by atoms with Gasteiger partial charge in [-0.1, -0.05) is 12.2 Å². The molecule has 1 heterocycles. The van der Waals surface area contributed by atoms with E-state index in [2.05, 4.69) is 26.5 Å². The van der Waals surface area contributed by atoms with Crippen LogP contribution >= 0.6 is 0 Å². The van der Waals surface area contributed by atoms with Gasteiger partial charge in [-0.15, -0.1) is 0 Å². The molecule has 150 valence electrons. The molecular formula is C21H28N4O2S. The second-order valence-electron chi connectivity index (χ2n) is 6.49. The summed E-state index contributed by atoms with van der Waals surface area (Å²) in [5, 5.41) is 15.8. The Kier molecular flexibility index (Phi) is 7.37. The molecule has 28 heavy (non-hydrogen) atoms. The third kappa shape index (κ3) is 5.68. The van der Waals surface area contributed by atoms with Crippen molar-refractivity contribution in [1.29, 1.82) is 0 Å². The second-order valence-corrected chi connectivity index (χ2v) is 8.97. The first-order valence-electron chi connectivity index (χ1n) is 9.03. The maximum Gasteiger partial charge on any atom is 0.229 e. The highest BCUT2D eigenvalue weighted by Gasteiger charge is 2.10. The maximum atomic E-state index is 12.0. The molecule has 0 bridgehead atoms.